The third-order valence-electron chi connectivity index (χ3n) is 8.44. The minimum atomic E-state index is -1.34. The van der Waals surface area contributed by atoms with Gasteiger partial charge in [0, 0.05) is 38.8 Å². The topological polar surface area (TPSA) is 179 Å². The van der Waals surface area contributed by atoms with Crippen molar-refractivity contribution >= 4 is 35.4 Å². The highest BCUT2D eigenvalue weighted by Gasteiger charge is 2.08. The normalized spacial score (nSPS) is 10.6. The van der Waals surface area contributed by atoms with Gasteiger partial charge in [-0.1, -0.05) is 141 Å². The third kappa shape index (κ3) is 46.6. The molecule has 11 heteroatoms. The number of amides is 1. The molecule has 0 aromatic carbocycles. The number of carboxylic acid groups (broad SMARTS) is 1. The molecule has 0 aliphatic heterocycles. The van der Waals surface area contributed by atoms with Crippen molar-refractivity contribution in [3.63, 3.8) is 0 Å². The van der Waals surface area contributed by atoms with Crippen molar-refractivity contribution in [1.82, 2.24) is 5.32 Å². The number of carboxylic acids is 1. The van der Waals surface area contributed by atoms with E-state index < -0.39 is 17.7 Å². The highest BCUT2D eigenvalue weighted by atomic mass is 16.5. The SMILES string of the molecule is CCC(=O)C(=O)NC/C=C\CCCCCCCCCCCCC(=O)OC.CCC(=O)C(=O)O.COC(=O)CCCCCCCCCCCC/C=C\CN. The van der Waals surface area contributed by atoms with Gasteiger partial charge in [0.15, 0.2) is 0 Å². The number of hydrogen-bond acceptors (Lipinski definition) is 9. The summed E-state index contributed by atoms with van der Waals surface area (Å²) >= 11 is 0. The second-order valence-electron chi connectivity index (χ2n) is 13.0. The molecule has 0 radical (unpaired) electrons. The summed E-state index contributed by atoms with van der Waals surface area (Å²) in [4.78, 5) is 63.7. The molecular formula is C42H76N2O9. The number of nitrogens with one attached hydrogen (secondary N) is 1. The number of aliphatic carboxylic acids is 1. The van der Waals surface area contributed by atoms with Gasteiger partial charge in [-0.15, -0.1) is 0 Å². The molecule has 0 rings (SSSR count). The molecule has 308 valence electrons. The molecule has 0 bridgehead atoms. The van der Waals surface area contributed by atoms with Crippen molar-refractivity contribution in [2.75, 3.05) is 27.3 Å². The smallest absolute Gasteiger partial charge is 0.372 e. The highest BCUT2D eigenvalue weighted by molar-refractivity contribution is 6.36. The predicted octanol–water partition coefficient (Wildman–Crippen LogP) is 8.90. The molecular weight excluding hydrogens is 676 g/mol. The summed E-state index contributed by atoms with van der Waals surface area (Å²) in [7, 11) is 2.90. The lowest BCUT2D eigenvalue weighted by molar-refractivity contribution is -0.148. The lowest BCUT2D eigenvalue weighted by atomic mass is 10.1. The summed E-state index contributed by atoms with van der Waals surface area (Å²) in [6.45, 7) is 4.30. The van der Waals surface area contributed by atoms with Gasteiger partial charge in [0.1, 0.15) is 0 Å². The van der Waals surface area contributed by atoms with Gasteiger partial charge < -0.3 is 25.6 Å². The molecule has 0 saturated carbocycles. The Kier molecular flexibility index (Phi) is 45.7. The van der Waals surface area contributed by atoms with Crippen LogP contribution < -0.4 is 11.1 Å². The van der Waals surface area contributed by atoms with Gasteiger partial charge in [-0.05, 0) is 38.5 Å². The fourth-order valence-electron chi connectivity index (χ4n) is 5.07. The third-order valence-corrected chi connectivity index (χ3v) is 8.44. The second-order valence-corrected chi connectivity index (χ2v) is 13.0. The fourth-order valence-corrected chi connectivity index (χ4v) is 5.07. The van der Waals surface area contributed by atoms with E-state index in [1.165, 1.54) is 130 Å². The quantitative estimate of drug-likeness (QED) is 0.0254. The number of carbonyl (C=O) groups is 6. The average Bonchev–Trinajstić information content (AvgIpc) is 3.17. The standard InChI is InChI=1S/C21H37NO4.C17H33NO2.C4H6O3/c1-3-19(23)21(25)22-18-16-14-12-10-8-6-4-5-7-9-11-13-15-17-20(24)26-2;1-20-17(19)15-13-11-9-7-5-3-2-4-6-8-10-12-14-16-18;1-2-3(5)4(6)7/h14,16H,3-13,15,17-18H2,1-2H3,(H,22,25);12,14H,2-11,13,15-16,18H2,1H3;2H2,1H3,(H,6,7)/b16-14-;14-12-;. The van der Waals surface area contributed by atoms with E-state index in [2.05, 4.69) is 26.9 Å². The van der Waals surface area contributed by atoms with Gasteiger partial charge in [-0.25, -0.2) is 4.79 Å². The van der Waals surface area contributed by atoms with Crippen LogP contribution in [0, 0.1) is 0 Å². The first kappa shape index (κ1) is 54.0. The zero-order valence-corrected chi connectivity index (χ0v) is 33.9. The van der Waals surface area contributed by atoms with Crippen molar-refractivity contribution < 1.29 is 43.3 Å². The van der Waals surface area contributed by atoms with Gasteiger partial charge in [-0.2, -0.15) is 0 Å². The van der Waals surface area contributed by atoms with Crippen LogP contribution in [0.3, 0.4) is 0 Å². The Morgan fingerprint density at radius 3 is 1.15 bits per heavy atom. The monoisotopic (exact) mass is 753 g/mol. The first-order chi connectivity index (χ1) is 25.6. The molecule has 0 aliphatic rings. The van der Waals surface area contributed by atoms with Crippen LogP contribution in [-0.2, 0) is 38.2 Å². The van der Waals surface area contributed by atoms with E-state index in [1.54, 1.807) is 6.92 Å². The van der Waals surface area contributed by atoms with Crippen molar-refractivity contribution in [3.8, 4) is 0 Å². The number of hydrogen-bond donors (Lipinski definition) is 3. The molecule has 53 heavy (non-hydrogen) atoms. The van der Waals surface area contributed by atoms with Crippen LogP contribution >= 0.6 is 0 Å². The number of allylic oxidation sites excluding steroid dienone is 2. The number of esters is 2. The fraction of sp³-hybridized carbons (Fsp3) is 0.762. The largest absolute Gasteiger partial charge is 0.476 e. The van der Waals surface area contributed by atoms with E-state index >= 15 is 0 Å². The summed E-state index contributed by atoms with van der Waals surface area (Å²) in [6.07, 6.45) is 36.7. The summed E-state index contributed by atoms with van der Waals surface area (Å²) < 4.78 is 9.23. The Bertz CT molecular complexity index is 980. The van der Waals surface area contributed by atoms with Gasteiger partial charge in [0.05, 0.1) is 14.2 Å². The van der Waals surface area contributed by atoms with E-state index in [9.17, 15) is 28.8 Å². The van der Waals surface area contributed by atoms with E-state index in [0.29, 0.717) is 25.9 Å². The molecule has 0 saturated heterocycles. The number of unbranched alkanes of at least 4 members (excludes halogenated alkanes) is 20. The van der Waals surface area contributed by atoms with Crippen molar-refractivity contribution in [1.29, 1.82) is 0 Å². The van der Waals surface area contributed by atoms with Crippen LogP contribution in [0.1, 0.15) is 181 Å². The molecule has 0 aromatic heterocycles. The molecule has 0 heterocycles. The van der Waals surface area contributed by atoms with E-state index in [0.717, 1.165) is 32.1 Å². The number of ether oxygens (including phenoxy) is 2. The molecule has 0 fully saturated rings. The molecule has 11 nitrogen and oxygen atoms in total. The highest BCUT2D eigenvalue weighted by Crippen LogP contribution is 2.13. The minimum Gasteiger partial charge on any atom is -0.476 e. The summed E-state index contributed by atoms with van der Waals surface area (Å²) in [5.74, 6) is -3.11. The molecule has 0 unspecified atom stereocenters. The molecule has 1 amide bonds. The van der Waals surface area contributed by atoms with Gasteiger partial charge in [-0.3, -0.25) is 24.0 Å². The summed E-state index contributed by atoms with van der Waals surface area (Å²) in [5.41, 5.74) is 5.38. The number of rotatable bonds is 33. The van der Waals surface area contributed by atoms with Gasteiger partial charge in [0.2, 0.25) is 11.6 Å². The first-order valence-electron chi connectivity index (χ1n) is 20.3. The van der Waals surface area contributed by atoms with Gasteiger partial charge in [0.25, 0.3) is 5.91 Å². The second kappa shape index (κ2) is 44.8. The maximum atomic E-state index is 11.2. The minimum absolute atomic E-state index is 0.0775. The van der Waals surface area contributed by atoms with Crippen LogP contribution in [0.15, 0.2) is 24.3 Å². The van der Waals surface area contributed by atoms with Crippen LogP contribution in [0.5, 0.6) is 0 Å². The lowest BCUT2D eigenvalue weighted by Crippen LogP contribution is -2.30. The van der Waals surface area contributed by atoms with E-state index in [-0.39, 0.29) is 30.6 Å². The Hall–Kier alpha value is -3.34. The Balaban J connectivity index is -0.000000816. The number of Topliss-reactive ketones (excluding diaryl/α,β-unsaturated/α-hetero) is 2. The molecule has 0 spiro atoms. The van der Waals surface area contributed by atoms with Crippen LogP contribution in [0.25, 0.3) is 0 Å². The van der Waals surface area contributed by atoms with E-state index in [1.807, 2.05) is 12.2 Å². The predicted molar refractivity (Wildman–Crippen MR) is 213 cm³/mol. The number of carbonyl (C=O) groups excluding carboxylic acids is 5. The Morgan fingerprint density at radius 1 is 0.509 bits per heavy atom. The van der Waals surface area contributed by atoms with E-state index in [4.69, 9.17) is 10.8 Å². The van der Waals surface area contributed by atoms with Crippen molar-refractivity contribution in [2.24, 2.45) is 5.73 Å². The summed E-state index contributed by atoms with van der Waals surface area (Å²) in [6, 6.07) is 0. The maximum absolute atomic E-state index is 11.2. The lowest BCUT2D eigenvalue weighted by Gasteiger charge is -2.02. The van der Waals surface area contributed by atoms with Crippen LogP contribution in [0.4, 0.5) is 0 Å². The first-order valence-corrected chi connectivity index (χ1v) is 20.3. The number of methoxy groups -OCH3 is 2. The maximum Gasteiger partial charge on any atom is 0.372 e. The Morgan fingerprint density at radius 2 is 0.849 bits per heavy atom. The van der Waals surface area contributed by atoms with Crippen LogP contribution in [-0.4, -0.2) is 67.8 Å². The Labute approximate surface area is 321 Å². The summed E-state index contributed by atoms with van der Waals surface area (Å²) in [5, 5.41) is 10.4. The molecule has 0 atom stereocenters. The average molecular weight is 753 g/mol. The van der Waals surface area contributed by atoms with Gasteiger partial charge >= 0.3 is 17.9 Å². The zero-order chi connectivity index (χ0) is 40.2. The van der Waals surface area contributed by atoms with Crippen LogP contribution in [0.2, 0.25) is 0 Å². The number of ketones is 2. The molecule has 4 N–H and O–H groups in total. The molecule has 0 aliphatic carbocycles. The van der Waals surface area contributed by atoms with Crippen molar-refractivity contribution in [2.45, 2.75) is 181 Å². The molecule has 0 aromatic rings. The van der Waals surface area contributed by atoms with Crippen molar-refractivity contribution in [3.05, 3.63) is 24.3 Å². The number of nitrogens with two attached hydrogens (primary N) is 1. The zero-order valence-electron chi connectivity index (χ0n) is 33.9.